The van der Waals surface area contributed by atoms with Crippen LogP contribution in [0.4, 0.5) is 4.39 Å². The van der Waals surface area contributed by atoms with E-state index in [4.69, 9.17) is 0 Å². The molecule has 0 aliphatic heterocycles. The summed E-state index contributed by atoms with van der Waals surface area (Å²) >= 11 is 0. The van der Waals surface area contributed by atoms with Gasteiger partial charge < -0.3 is 5.32 Å². The number of rotatable bonds is 5. The van der Waals surface area contributed by atoms with Crippen LogP contribution in [0.15, 0.2) is 60.8 Å². The number of nitrogens with one attached hydrogen (secondary N) is 1. The van der Waals surface area contributed by atoms with E-state index in [1.807, 2.05) is 43.3 Å². The zero-order chi connectivity index (χ0) is 16.9. The summed E-state index contributed by atoms with van der Waals surface area (Å²) in [4.78, 5) is 12.3. The summed E-state index contributed by atoms with van der Waals surface area (Å²) < 4.78 is 14.9. The van der Waals surface area contributed by atoms with Gasteiger partial charge in [0.2, 0.25) is 0 Å². The molecule has 0 unspecified atom stereocenters. The number of carbonyl (C=O) groups is 1. The van der Waals surface area contributed by atoms with Crippen LogP contribution in [0.25, 0.3) is 5.69 Å². The number of para-hydroxylation sites is 1. The van der Waals surface area contributed by atoms with E-state index in [-0.39, 0.29) is 11.7 Å². The van der Waals surface area contributed by atoms with E-state index in [1.165, 1.54) is 12.1 Å². The Hall–Kier alpha value is -2.95. The van der Waals surface area contributed by atoms with Gasteiger partial charge in [-0.1, -0.05) is 30.3 Å². The lowest BCUT2D eigenvalue weighted by atomic mass is 10.1. The predicted octanol–water partition coefficient (Wildman–Crippen LogP) is 3.29. The summed E-state index contributed by atoms with van der Waals surface area (Å²) in [5.41, 5.74) is 3.09. The largest absolute Gasteiger partial charge is 0.352 e. The topological polar surface area (TPSA) is 46.9 Å². The van der Waals surface area contributed by atoms with Crippen molar-refractivity contribution in [2.45, 2.75) is 13.3 Å². The quantitative estimate of drug-likeness (QED) is 0.783. The predicted molar refractivity (Wildman–Crippen MR) is 90.7 cm³/mol. The molecule has 122 valence electrons. The van der Waals surface area contributed by atoms with Gasteiger partial charge in [0.25, 0.3) is 5.91 Å². The van der Waals surface area contributed by atoms with Crippen molar-refractivity contribution < 1.29 is 9.18 Å². The smallest absolute Gasteiger partial charge is 0.254 e. The van der Waals surface area contributed by atoms with Crippen LogP contribution in [0.5, 0.6) is 0 Å². The molecule has 0 bridgehead atoms. The van der Waals surface area contributed by atoms with Gasteiger partial charge in [0.15, 0.2) is 0 Å². The molecule has 0 saturated heterocycles. The molecule has 0 saturated carbocycles. The Balaban J connectivity index is 1.65. The number of hydrogen-bond donors (Lipinski definition) is 1. The Morgan fingerprint density at radius 3 is 2.71 bits per heavy atom. The lowest BCUT2D eigenvalue weighted by molar-refractivity contribution is 0.0953. The van der Waals surface area contributed by atoms with Gasteiger partial charge in [-0.15, -0.1) is 0 Å². The second-order valence-corrected chi connectivity index (χ2v) is 5.53. The Morgan fingerprint density at radius 1 is 1.17 bits per heavy atom. The maximum absolute atomic E-state index is 13.1. The zero-order valence-corrected chi connectivity index (χ0v) is 13.4. The van der Waals surface area contributed by atoms with Gasteiger partial charge in [-0.3, -0.25) is 4.79 Å². The first-order chi connectivity index (χ1) is 11.6. The van der Waals surface area contributed by atoms with Crippen molar-refractivity contribution in [3.63, 3.8) is 0 Å². The van der Waals surface area contributed by atoms with E-state index < -0.39 is 0 Å². The molecule has 3 rings (SSSR count). The van der Waals surface area contributed by atoms with Gasteiger partial charge in [0, 0.05) is 6.54 Å². The number of hydrogen-bond acceptors (Lipinski definition) is 2. The molecule has 0 fully saturated rings. The van der Waals surface area contributed by atoms with Crippen LogP contribution >= 0.6 is 0 Å². The van der Waals surface area contributed by atoms with E-state index in [1.54, 1.807) is 16.9 Å². The maximum Gasteiger partial charge on any atom is 0.254 e. The first-order valence-electron chi connectivity index (χ1n) is 7.78. The summed E-state index contributed by atoms with van der Waals surface area (Å²) in [7, 11) is 0. The Kier molecular flexibility index (Phi) is 4.70. The number of nitrogens with zero attached hydrogens (tertiary/aromatic N) is 2. The van der Waals surface area contributed by atoms with Crippen LogP contribution in [0.2, 0.25) is 0 Å². The molecule has 1 heterocycles. The van der Waals surface area contributed by atoms with Crippen LogP contribution in [-0.4, -0.2) is 22.2 Å². The highest BCUT2D eigenvalue weighted by atomic mass is 19.1. The zero-order valence-electron chi connectivity index (χ0n) is 13.4. The highest BCUT2D eigenvalue weighted by Gasteiger charge is 2.14. The Labute approximate surface area is 139 Å². The molecule has 5 heteroatoms. The minimum atomic E-state index is -0.265. The Morgan fingerprint density at radius 2 is 1.96 bits per heavy atom. The summed E-state index contributed by atoms with van der Waals surface area (Å²) in [6, 6.07) is 16.0. The van der Waals surface area contributed by atoms with Gasteiger partial charge in [-0.2, -0.15) is 5.10 Å². The molecule has 0 aliphatic carbocycles. The van der Waals surface area contributed by atoms with Crippen molar-refractivity contribution >= 4 is 5.91 Å². The van der Waals surface area contributed by atoms with Gasteiger partial charge in [-0.25, -0.2) is 9.07 Å². The second kappa shape index (κ2) is 7.08. The lowest BCUT2D eigenvalue weighted by Crippen LogP contribution is -2.26. The van der Waals surface area contributed by atoms with Crippen molar-refractivity contribution in [1.29, 1.82) is 0 Å². The monoisotopic (exact) mass is 323 g/mol. The molecular weight excluding hydrogens is 305 g/mol. The van der Waals surface area contributed by atoms with Crippen molar-refractivity contribution in [1.82, 2.24) is 15.1 Å². The third-order valence-corrected chi connectivity index (χ3v) is 3.84. The van der Waals surface area contributed by atoms with Crippen molar-refractivity contribution in [2.75, 3.05) is 6.54 Å². The number of carbonyl (C=O) groups excluding carboxylic acids is 1. The summed E-state index contributed by atoms with van der Waals surface area (Å²) in [5, 5.41) is 7.15. The van der Waals surface area contributed by atoms with Crippen LogP contribution in [0, 0.1) is 12.7 Å². The van der Waals surface area contributed by atoms with E-state index in [0.29, 0.717) is 18.5 Å². The third-order valence-electron chi connectivity index (χ3n) is 3.84. The van der Waals surface area contributed by atoms with Gasteiger partial charge in [0.05, 0.1) is 23.1 Å². The van der Waals surface area contributed by atoms with E-state index in [0.717, 1.165) is 16.9 Å². The molecule has 2 aromatic carbocycles. The lowest BCUT2D eigenvalue weighted by Gasteiger charge is -2.07. The van der Waals surface area contributed by atoms with Crippen LogP contribution in [0.3, 0.4) is 0 Å². The number of halogens is 1. The van der Waals surface area contributed by atoms with Gasteiger partial charge >= 0.3 is 0 Å². The van der Waals surface area contributed by atoms with Crippen molar-refractivity contribution in [2.24, 2.45) is 0 Å². The molecule has 1 N–H and O–H groups in total. The molecule has 24 heavy (non-hydrogen) atoms. The average Bonchev–Trinajstić information content (AvgIpc) is 2.97. The normalized spacial score (nSPS) is 10.6. The second-order valence-electron chi connectivity index (χ2n) is 5.53. The fourth-order valence-corrected chi connectivity index (χ4v) is 2.57. The molecule has 0 radical (unpaired) electrons. The fraction of sp³-hybridized carbons (Fsp3) is 0.158. The molecule has 1 amide bonds. The van der Waals surface area contributed by atoms with Crippen LogP contribution in [-0.2, 0) is 6.42 Å². The van der Waals surface area contributed by atoms with Gasteiger partial charge in [-0.05, 0) is 43.2 Å². The number of benzene rings is 2. The average molecular weight is 323 g/mol. The highest BCUT2D eigenvalue weighted by Crippen LogP contribution is 2.13. The number of amides is 1. The van der Waals surface area contributed by atoms with Gasteiger partial charge in [0.1, 0.15) is 5.82 Å². The van der Waals surface area contributed by atoms with E-state index in [2.05, 4.69) is 10.4 Å². The van der Waals surface area contributed by atoms with Crippen LogP contribution < -0.4 is 5.32 Å². The molecule has 0 aliphatic rings. The summed E-state index contributed by atoms with van der Waals surface area (Å²) in [6.45, 7) is 2.31. The first kappa shape index (κ1) is 15.9. The standard InChI is InChI=1S/C19H18FN3O/c1-14-18(13-22-23(14)17-8-3-2-4-9-17)19(24)21-11-10-15-6-5-7-16(20)12-15/h2-9,12-13H,10-11H2,1H3,(H,21,24). The van der Waals surface area contributed by atoms with Crippen LogP contribution in [0.1, 0.15) is 21.6 Å². The highest BCUT2D eigenvalue weighted by molar-refractivity contribution is 5.95. The SMILES string of the molecule is Cc1c(C(=O)NCCc2cccc(F)c2)cnn1-c1ccccc1. The molecule has 4 nitrogen and oxygen atoms in total. The fourth-order valence-electron chi connectivity index (χ4n) is 2.57. The Bertz CT molecular complexity index is 843. The summed E-state index contributed by atoms with van der Waals surface area (Å²) in [5.74, 6) is -0.440. The first-order valence-corrected chi connectivity index (χ1v) is 7.78. The van der Waals surface area contributed by atoms with E-state index in [9.17, 15) is 9.18 Å². The minimum Gasteiger partial charge on any atom is -0.352 e. The number of aromatic nitrogens is 2. The van der Waals surface area contributed by atoms with E-state index >= 15 is 0 Å². The molecule has 1 aromatic heterocycles. The molecular formula is C19H18FN3O. The summed E-state index contributed by atoms with van der Waals surface area (Å²) in [6.07, 6.45) is 2.15. The van der Waals surface area contributed by atoms with Crippen molar-refractivity contribution in [3.05, 3.63) is 83.4 Å². The molecule has 0 spiro atoms. The maximum atomic E-state index is 13.1. The molecule has 0 atom stereocenters. The van der Waals surface area contributed by atoms with Crippen molar-refractivity contribution in [3.8, 4) is 5.69 Å². The molecule has 3 aromatic rings. The third kappa shape index (κ3) is 3.51. The minimum absolute atomic E-state index is 0.175.